The average Bonchev–Trinajstić information content (AvgIpc) is 3.23. The summed E-state index contributed by atoms with van der Waals surface area (Å²) < 4.78 is 0.960. The van der Waals surface area contributed by atoms with E-state index in [1.165, 1.54) is 4.90 Å². The number of carbonyl (C=O) groups excluding carboxylic acids is 3. The van der Waals surface area contributed by atoms with E-state index in [0.717, 1.165) is 33.0 Å². The molecule has 3 amide bonds. The van der Waals surface area contributed by atoms with Gasteiger partial charge in [-0.05, 0) is 41.1 Å². The number of anilines is 1. The highest BCUT2D eigenvalue weighted by Crippen LogP contribution is 2.45. The van der Waals surface area contributed by atoms with Gasteiger partial charge in [-0.1, -0.05) is 76.6 Å². The number of imide groups is 1. The van der Waals surface area contributed by atoms with Crippen molar-refractivity contribution in [1.82, 2.24) is 4.90 Å². The quantitative estimate of drug-likeness (QED) is 0.433. The number of hydrogen-bond acceptors (Lipinski definition) is 4. The summed E-state index contributed by atoms with van der Waals surface area (Å²) in [4.78, 5) is 42.5. The van der Waals surface area contributed by atoms with Gasteiger partial charge in [0, 0.05) is 10.0 Å². The van der Waals surface area contributed by atoms with Crippen molar-refractivity contribution in [3.8, 4) is 0 Å². The normalized spacial score (nSPS) is 18.0. The van der Waals surface area contributed by atoms with Crippen LogP contribution in [0.2, 0.25) is 0 Å². The topological polar surface area (TPSA) is 57.7 Å². The van der Waals surface area contributed by atoms with Crippen LogP contribution in [-0.2, 0) is 22.7 Å². The first kappa shape index (κ1) is 20.7. The third-order valence-electron chi connectivity index (χ3n) is 5.44. The van der Waals surface area contributed by atoms with E-state index in [1.807, 2.05) is 78.9 Å². The summed E-state index contributed by atoms with van der Waals surface area (Å²) in [7, 11) is 0. The van der Waals surface area contributed by atoms with E-state index in [-0.39, 0.29) is 22.6 Å². The summed E-state index contributed by atoms with van der Waals surface area (Å²) in [5.74, 6) is -0.688. The highest BCUT2D eigenvalue weighted by atomic mass is 79.9. The lowest BCUT2D eigenvalue weighted by atomic mass is 10.1. The van der Waals surface area contributed by atoms with Crippen LogP contribution in [-0.4, -0.2) is 22.0 Å². The van der Waals surface area contributed by atoms with Crippen molar-refractivity contribution in [3.05, 3.63) is 105 Å². The zero-order chi connectivity index (χ0) is 22.2. The van der Waals surface area contributed by atoms with Crippen LogP contribution in [0.15, 0.2) is 88.2 Å². The Bertz CT molecular complexity index is 1270. The molecule has 2 aliphatic rings. The molecule has 0 radical (unpaired) electrons. The number of carbonyl (C=O) groups is 3. The fourth-order valence-corrected chi connectivity index (χ4v) is 5.07. The smallest absolute Gasteiger partial charge is 0.293 e. The van der Waals surface area contributed by atoms with Crippen molar-refractivity contribution in [1.29, 1.82) is 0 Å². The molecule has 0 N–H and O–H groups in total. The van der Waals surface area contributed by atoms with Crippen molar-refractivity contribution < 1.29 is 14.4 Å². The predicted molar refractivity (Wildman–Crippen MR) is 129 cm³/mol. The van der Waals surface area contributed by atoms with E-state index in [4.69, 9.17) is 0 Å². The molecular formula is C25H17BrN2O3S. The lowest BCUT2D eigenvalue weighted by Crippen LogP contribution is -2.29. The summed E-state index contributed by atoms with van der Waals surface area (Å²) >= 11 is 4.27. The highest BCUT2D eigenvalue weighted by Gasteiger charge is 2.43. The number of fused-ring (bicyclic) bond motifs is 1. The van der Waals surface area contributed by atoms with Gasteiger partial charge < -0.3 is 4.90 Å². The number of para-hydroxylation sites is 1. The minimum absolute atomic E-state index is 0.181. The van der Waals surface area contributed by atoms with Gasteiger partial charge in [-0.2, -0.15) is 0 Å². The Hall–Kier alpha value is -3.16. The number of nitrogens with zero attached hydrogens (tertiary/aromatic N) is 2. The van der Waals surface area contributed by atoms with Gasteiger partial charge in [0.2, 0.25) is 0 Å². The molecular weight excluding hydrogens is 488 g/mol. The predicted octanol–water partition coefficient (Wildman–Crippen LogP) is 5.60. The van der Waals surface area contributed by atoms with E-state index in [9.17, 15) is 14.4 Å². The molecule has 0 bridgehead atoms. The number of rotatable bonds is 4. The Morgan fingerprint density at radius 1 is 0.688 bits per heavy atom. The van der Waals surface area contributed by atoms with Crippen LogP contribution < -0.4 is 4.90 Å². The average molecular weight is 505 g/mol. The molecule has 0 aliphatic carbocycles. The number of hydrogen-bond donors (Lipinski definition) is 0. The number of thioether (sulfide) groups is 1. The second-order valence-electron chi connectivity index (χ2n) is 7.48. The minimum atomic E-state index is -0.424. The molecule has 2 aliphatic heterocycles. The number of halogens is 1. The Balaban J connectivity index is 1.51. The minimum Gasteiger partial charge on any atom is -0.303 e. The first-order valence-electron chi connectivity index (χ1n) is 10.0. The molecule has 0 atom stereocenters. The summed E-state index contributed by atoms with van der Waals surface area (Å²) in [5.41, 5.74) is 3.55. The third kappa shape index (κ3) is 3.67. The van der Waals surface area contributed by atoms with Crippen molar-refractivity contribution in [3.63, 3.8) is 0 Å². The van der Waals surface area contributed by atoms with Crippen LogP contribution in [0, 0.1) is 0 Å². The van der Waals surface area contributed by atoms with E-state index in [1.54, 1.807) is 4.90 Å². The van der Waals surface area contributed by atoms with E-state index >= 15 is 0 Å². The molecule has 1 saturated heterocycles. The lowest BCUT2D eigenvalue weighted by molar-refractivity contribution is -0.123. The van der Waals surface area contributed by atoms with E-state index in [2.05, 4.69) is 15.9 Å². The molecule has 32 heavy (non-hydrogen) atoms. The number of benzene rings is 3. The second-order valence-corrected chi connectivity index (χ2v) is 9.36. The molecule has 2 heterocycles. The van der Waals surface area contributed by atoms with Crippen LogP contribution in [0.25, 0.3) is 5.57 Å². The van der Waals surface area contributed by atoms with Crippen LogP contribution in [0.3, 0.4) is 0 Å². The number of amides is 3. The van der Waals surface area contributed by atoms with Crippen LogP contribution in [0.1, 0.15) is 16.7 Å². The Morgan fingerprint density at radius 2 is 1.31 bits per heavy atom. The SMILES string of the molecule is O=C1S/C(=C2\C(=O)N(Cc3ccc(Br)cc3)c3ccccc32)C(=O)N1Cc1ccccc1. The van der Waals surface area contributed by atoms with Gasteiger partial charge in [0.25, 0.3) is 17.1 Å². The standard InChI is InChI=1S/C25H17BrN2O3S/c26-18-12-10-17(11-13-18)14-27-20-9-5-4-8-19(20)21(23(27)29)22-24(30)28(25(31)32-22)15-16-6-2-1-3-7-16/h1-13H,14-15H2/b22-21-. The molecule has 5 nitrogen and oxygen atoms in total. The Kier molecular flexibility index (Phi) is 5.45. The van der Waals surface area contributed by atoms with E-state index in [0.29, 0.717) is 17.7 Å². The molecule has 0 spiro atoms. The third-order valence-corrected chi connectivity index (χ3v) is 6.94. The van der Waals surface area contributed by atoms with Crippen molar-refractivity contribution in [2.75, 3.05) is 4.90 Å². The molecule has 158 valence electrons. The molecule has 3 aromatic rings. The van der Waals surface area contributed by atoms with Crippen molar-refractivity contribution >= 4 is 56.0 Å². The maximum Gasteiger partial charge on any atom is 0.293 e. The Morgan fingerprint density at radius 3 is 2.06 bits per heavy atom. The van der Waals surface area contributed by atoms with Gasteiger partial charge >= 0.3 is 0 Å². The van der Waals surface area contributed by atoms with Gasteiger partial charge in [-0.3, -0.25) is 19.3 Å². The molecule has 7 heteroatoms. The summed E-state index contributed by atoms with van der Waals surface area (Å²) in [6.45, 7) is 0.557. The zero-order valence-electron chi connectivity index (χ0n) is 16.8. The maximum absolute atomic E-state index is 13.5. The first-order chi connectivity index (χ1) is 15.5. The maximum atomic E-state index is 13.5. The van der Waals surface area contributed by atoms with Crippen molar-refractivity contribution in [2.45, 2.75) is 13.1 Å². The molecule has 0 unspecified atom stereocenters. The first-order valence-corrected chi connectivity index (χ1v) is 11.6. The van der Waals surface area contributed by atoms with Gasteiger partial charge in [0.05, 0.1) is 29.3 Å². The van der Waals surface area contributed by atoms with Gasteiger partial charge in [0.1, 0.15) is 0 Å². The fourth-order valence-electron chi connectivity index (χ4n) is 3.88. The fraction of sp³-hybridized carbons (Fsp3) is 0.0800. The molecule has 1 fully saturated rings. The molecule has 0 aromatic heterocycles. The monoisotopic (exact) mass is 504 g/mol. The summed E-state index contributed by atoms with van der Waals surface area (Å²) in [6.07, 6.45) is 0. The van der Waals surface area contributed by atoms with E-state index < -0.39 is 5.91 Å². The van der Waals surface area contributed by atoms with Gasteiger partial charge in [0.15, 0.2) is 0 Å². The molecule has 3 aromatic carbocycles. The Labute approximate surface area is 197 Å². The second kappa shape index (κ2) is 8.41. The molecule has 5 rings (SSSR count). The summed E-state index contributed by atoms with van der Waals surface area (Å²) in [6, 6.07) is 24.5. The van der Waals surface area contributed by atoms with Crippen LogP contribution in [0.5, 0.6) is 0 Å². The van der Waals surface area contributed by atoms with Gasteiger partial charge in [-0.25, -0.2) is 0 Å². The molecule has 0 saturated carbocycles. The highest BCUT2D eigenvalue weighted by molar-refractivity contribution is 9.10. The zero-order valence-corrected chi connectivity index (χ0v) is 19.2. The van der Waals surface area contributed by atoms with Crippen LogP contribution in [0.4, 0.5) is 10.5 Å². The van der Waals surface area contributed by atoms with Crippen LogP contribution >= 0.6 is 27.7 Å². The van der Waals surface area contributed by atoms with Gasteiger partial charge in [-0.15, -0.1) is 0 Å². The largest absolute Gasteiger partial charge is 0.303 e. The van der Waals surface area contributed by atoms with Crippen molar-refractivity contribution in [2.24, 2.45) is 0 Å². The lowest BCUT2D eigenvalue weighted by Gasteiger charge is -2.17. The summed E-state index contributed by atoms with van der Waals surface area (Å²) in [5, 5.41) is -0.363.